The first kappa shape index (κ1) is 30.9. The standard InChI is InChI=1S/C32H38F2N4O5/c1-42-30-9-7-26-32(37-30)21(10-14-36-26)18-27(40)28-8-6-25(35-13-2-3-20-17-22(33)4-5-24(20)34)29(43-28)19-31(41)38-15-11-23(39)12-16-38/h2-5,7,9-10,14,17,23,25,27-29,35,39-40H,6,8,11-13,15-16,18-19H2,1H3/b3-2+/t25-,27+,28+,29-/m1/s1. The summed E-state index contributed by atoms with van der Waals surface area (Å²) in [5.74, 6) is -0.635. The number of methoxy groups -OCH3 is 1. The Morgan fingerprint density at radius 3 is 2.79 bits per heavy atom. The van der Waals surface area contributed by atoms with Gasteiger partial charge in [0, 0.05) is 49.9 Å². The number of likely N-dealkylation sites (tertiary alicyclic amines) is 1. The number of nitrogens with zero attached hydrogens (tertiary/aromatic N) is 3. The van der Waals surface area contributed by atoms with E-state index in [1.54, 1.807) is 30.3 Å². The van der Waals surface area contributed by atoms with Crippen LogP contribution in [0.25, 0.3) is 17.1 Å². The number of rotatable bonds is 10. The molecule has 2 aliphatic heterocycles. The third-order valence-corrected chi connectivity index (χ3v) is 8.22. The summed E-state index contributed by atoms with van der Waals surface area (Å²) in [4.78, 5) is 23.9. The molecule has 2 saturated heterocycles. The average molecular weight is 597 g/mol. The maximum Gasteiger partial charge on any atom is 0.225 e. The molecule has 3 N–H and O–H groups in total. The van der Waals surface area contributed by atoms with Crippen molar-refractivity contribution in [2.45, 2.75) is 69.0 Å². The van der Waals surface area contributed by atoms with Gasteiger partial charge in [-0.15, -0.1) is 0 Å². The molecule has 43 heavy (non-hydrogen) atoms. The summed E-state index contributed by atoms with van der Waals surface area (Å²) in [6, 6.07) is 8.48. The number of pyridine rings is 2. The Bertz CT molecular complexity index is 1430. The van der Waals surface area contributed by atoms with Crippen LogP contribution in [-0.2, 0) is 16.0 Å². The number of hydrogen-bond donors (Lipinski definition) is 3. The van der Waals surface area contributed by atoms with Crippen LogP contribution in [0.2, 0.25) is 0 Å². The van der Waals surface area contributed by atoms with Crippen molar-refractivity contribution in [3.63, 3.8) is 0 Å². The van der Waals surface area contributed by atoms with Crippen molar-refractivity contribution in [3.05, 3.63) is 71.4 Å². The van der Waals surface area contributed by atoms with Gasteiger partial charge in [-0.05, 0) is 61.6 Å². The lowest BCUT2D eigenvalue weighted by Crippen LogP contribution is -2.52. The third-order valence-electron chi connectivity index (χ3n) is 8.22. The molecule has 0 spiro atoms. The molecule has 0 radical (unpaired) electrons. The lowest BCUT2D eigenvalue weighted by atomic mass is 9.91. The Morgan fingerprint density at radius 1 is 1.19 bits per heavy atom. The van der Waals surface area contributed by atoms with Crippen LogP contribution in [-0.4, -0.2) is 88.2 Å². The van der Waals surface area contributed by atoms with Crippen molar-refractivity contribution >= 4 is 23.0 Å². The van der Waals surface area contributed by atoms with Crippen LogP contribution >= 0.6 is 0 Å². The number of carbonyl (C=O) groups is 1. The summed E-state index contributed by atoms with van der Waals surface area (Å²) in [6.07, 6.45) is 5.33. The molecule has 1 amide bonds. The van der Waals surface area contributed by atoms with E-state index in [9.17, 15) is 23.8 Å². The minimum absolute atomic E-state index is 0.0624. The Balaban J connectivity index is 1.26. The number of piperidine rings is 1. The van der Waals surface area contributed by atoms with Gasteiger partial charge in [0.15, 0.2) is 0 Å². The van der Waals surface area contributed by atoms with E-state index in [4.69, 9.17) is 9.47 Å². The molecular weight excluding hydrogens is 558 g/mol. The number of nitrogens with one attached hydrogen (secondary N) is 1. The fraction of sp³-hybridized carbons (Fsp3) is 0.469. The van der Waals surface area contributed by atoms with Gasteiger partial charge in [-0.1, -0.05) is 12.2 Å². The third kappa shape index (κ3) is 7.91. The Kier molecular flexibility index (Phi) is 10.3. The number of fused-ring (bicyclic) bond motifs is 1. The molecule has 0 aliphatic carbocycles. The van der Waals surface area contributed by atoms with Crippen LogP contribution in [0.1, 0.15) is 43.2 Å². The fourth-order valence-corrected chi connectivity index (χ4v) is 5.78. The van der Waals surface area contributed by atoms with E-state index >= 15 is 0 Å². The first-order chi connectivity index (χ1) is 20.8. The number of benzene rings is 1. The minimum Gasteiger partial charge on any atom is -0.481 e. The Morgan fingerprint density at radius 2 is 2.00 bits per heavy atom. The molecule has 9 nitrogen and oxygen atoms in total. The van der Waals surface area contributed by atoms with Gasteiger partial charge < -0.3 is 29.9 Å². The summed E-state index contributed by atoms with van der Waals surface area (Å²) >= 11 is 0. The highest BCUT2D eigenvalue weighted by Gasteiger charge is 2.37. The van der Waals surface area contributed by atoms with Crippen LogP contribution in [0.4, 0.5) is 8.78 Å². The highest BCUT2D eigenvalue weighted by Crippen LogP contribution is 2.28. The molecule has 4 atom stereocenters. The number of hydrogen-bond acceptors (Lipinski definition) is 8. The van der Waals surface area contributed by atoms with Gasteiger partial charge in [-0.25, -0.2) is 13.8 Å². The summed E-state index contributed by atoms with van der Waals surface area (Å²) in [5.41, 5.74) is 2.31. The van der Waals surface area contributed by atoms with E-state index in [2.05, 4.69) is 15.3 Å². The van der Waals surface area contributed by atoms with Crippen LogP contribution < -0.4 is 10.1 Å². The molecule has 1 aromatic carbocycles. The number of ether oxygens (including phenoxy) is 2. The smallest absolute Gasteiger partial charge is 0.225 e. The first-order valence-electron chi connectivity index (χ1n) is 14.7. The maximum absolute atomic E-state index is 14.0. The molecule has 2 fully saturated rings. The summed E-state index contributed by atoms with van der Waals surface area (Å²) in [6.45, 7) is 1.34. The SMILES string of the molecule is COc1ccc2nccc(C[C@H](O)[C@@H]3CC[C@@H](NC/C=C/c4cc(F)ccc4F)[C@@H](CC(=O)N4CCC(O)CC4)O3)c2n1. The van der Waals surface area contributed by atoms with Crippen LogP contribution in [0.5, 0.6) is 5.88 Å². The Hall–Kier alpha value is -3.51. The first-order valence-corrected chi connectivity index (χ1v) is 14.7. The number of aliphatic hydroxyl groups excluding tert-OH is 2. The second-order valence-electron chi connectivity index (χ2n) is 11.2. The second kappa shape index (κ2) is 14.3. The molecule has 0 saturated carbocycles. The number of amides is 1. The number of aromatic nitrogens is 2. The van der Waals surface area contributed by atoms with Gasteiger partial charge in [-0.3, -0.25) is 9.78 Å². The molecule has 230 valence electrons. The predicted molar refractivity (Wildman–Crippen MR) is 157 cm³/mol. The zero-order valence-electron chi connectivity index (χ0n) is 24.2. The number of carbonyl (C=O) groups excluding carboxylic acids is 1. The van der Waals surface area contributed by atoms with E-state index in [-0.39, 0.29) is 30.4 Å². The molecule has 0 unspecified atom stereocenters. The van der Waals surface area contributed by atoms with E-state index in [0.29, 0.717) is 62.2 Å². The largest absolute Gasteiger partial charge is 0.481 e. The Labute approximate surface area is 249 Å². The van der Waals surface area contributed by atoms with E-state index in [1.807, 2.05) is 12.1 Å². The summed E-state index contributed by atoms with van der Waals surface area (Å²) in [7, 11) is 1.54. The summed E-state index contributed by atoms with van der Waals surface area (Å²) in [5, 5.41) is 24.5. The van der Waals surface area contributed by atoms with Gasteiger partial charge >= 0.3 is 0 Å². The monoisotopic (exact) mass is 596 g/mol. The van der Waals surface area contributed by atoms with E-state index in [1.165, 1.54) is 6.08 Å². The van der Waals surface area contributed by atoms with Gasteiger partial charge in [0.05, 0.1) is 49.0 Å². The van der Waals surface area contributed by atoms with Crippen molar-refractivity contribution in [3.8, 4) is 5.88 Å². The van der Waals surface area contributed by atoms with E-state index < -0.39 is 36.1 Å². The van der Waals surface area contributed by atoms with Crippen LogP contribution in [0, 0.1) is 11.6 Å². The molecule has 5 rings (SSSR count). The zero-order valence-corrected chi connectivity index (χ0v) is 24.2. The number of halogens is 2. The van der Waals surface area contributed by atoms with Gasteiger partial charge in [0.1, 0.15) is 11.6 Å². The van der Waals surface area contributed by atoms with Crippen molar-refractivity contribution in [2.75, 3.05) is 26.7 Å². The normalized spacial score (nSPS) is 22.3. The van der Waals surface area contributed by atoms with Crippen LogP contribution in [0.15, 0.2) is 48.7 Å². The topological polar surface area (TPSA) is 117 Å². The van der Waals surface area contributed by atoms with Crippen LogP contribution in [0.3, 0.4) is 0 Å². The minimum atomic E-state index is -0.849. The van der Waals surface area contributed by atoms with Gasteiger partial charge in [0.2, 0.25) is 11.8 Å². The highest BCUT2D eigenvalue weighted by atomic mass is 19.1. The van der Waals surface area contributed by atoms with Gasteiger partial charge in [-0.2, -0.15) is 0 Å². The van der Waals surface area contributed by atoms with Gasteiger partial charge in [0.25, 0.3) is 0 Å². The second-order valence-corrected chi connectivity index (χ2v) is 11.2. The molecule has 2 aliphatic rings. The molecule has 4 heterocycles. The summed E-state index contributed by atoms with van der Waals surface area (Å²) < 4.78 is 39.2. The number of aliphatic hydroxyl groups is 2. The van der Waals surface area contributed by atoms with Crippen molar-refractivity contribution in [1.82, 2.24) is 20.2 Å². The highest BCUT2D eigenvalue weighted by molar-refractivity contribution is 5.78. The van der Waals surface area contributed by atoms with Crippen molar-refractivity contribution < 1.29 is 33.3 Å². The molecule has 11 heteroatoms. The maximum atomic E-state index is 14.0. The molecular formula is C32H38F2N4O5. The lowest BCUT2D eigenvalue weighted by molar-refractivity contribution is -0.147. The van der Waals surface area contributed by atoms with Crippen molar-refractivity contribution in [1.29, 1.82) is 0 Å². The molecule has 0 bridgehead atoms. The predicted octanol–water partition coefficient (Wildman–Crippen LogP) is 3.41. The zero-order chi connectivity index (χ0) is 30.3. The average Bonchev–Trinajstić information content (AvgIpc) is 3.01. The lowest BCUT2D eigenvalue weighted by Gasteiger charge is -2.40. The van der Waals surface area contributed by atoms with E-state index in [0.717, 1.165) is 23.8 Å². The molecule has 2 aromatic heterocycles. The van der Waals surface area contributed by atoms with Crippen molar-refractivity contribution in [2.24, 2.45) is 0 Å². The quantitative estimate of drug-likeness (QED) is 0.326. The fourth-order valence-electron chi connectivity index (χ4n) is 5.78. The molecule has 3 aromatic rings.